The fourth-order valence-corrected chi connectivity index (χ4v) is 10.3. The Bertz CT molecular complexity index is 2170. The quantitative estimate of drug-likeness (QED) is 0.0945. The molecule has 7 aromatic carbocycles. The van der Waals surface area contributed by atoms with Gasteiger partial charge in [0.2, 0.25) is 0 Å². The van der Waals surface area contributed by atoms with Gasteiger partial charge in [0.15, 0.2) is 0 Å². The Morgan fingerprint density at radius 2 is 0.912 bits per heavy atom. The third-order valence-corrected chi connectivity index (χ3v) is 14.7. The van der Waals surface area contributed by atoms with E-state index in [0.717, 1.165) is 17.5 Å². The van der Waals surface area contributed by atoms with Crippen molar-refractivity contribution in [3.05, 3.63) is 196 Å². The van der Waals surface area contributed by atoms with Crippen LogP contribution in [0.3, 0.4) is 0 Å². The van der Waals surface area contributed by atoms with Crippen LogP contribution in [0.5, 0.6) is 0 Å². The summed E-state index contributed by atoms with van der Waals surface area (Å²) in [7, 11) is -3.13. The molecule has 0 unspecified atom stereocenters. The molecule has 0 N–H and O–H groups in total. The molecule has 8 rings (SSSR count). The van der Waals surface area contributed by atoms with Crippen LogP contribution in [0.1, 0.15) is 17.5 Å². The monoisotopic (exact) mass is 1120 g/mol. The predicted molar refractivity (Wildman–Crippen MR) is 263 cm³/mol. The molecule has 7 heteroatoms. The predicted octanol–water partition coefficient (Wildman–Crippen LogP) is 8.39. The van der Waals surface area contributed by atoms with Crippen LogP contribution in [0.15, 0.2) is 158 Å². The summed E-state index contributed by atoms with van der Waals surface area (Å²) in [6.45, 7) is 22.3. The maximum atomic E-state index is 3.72. The van der Waals surface area contributed by atoms with E-state index in [9.17, 15) is 0 Å². The average Bonchev–Trinajstić information content (AvgIpc) is 3.84. The van der Waals surface area contributed by atoms with Crippen LogP contribution in [0.4, 0.5) is 0 Å². The molecule has 0 amide bonds. The molecule has 0 bridgehead atoms. The second kappa shape index (κ2) is 23.5. The molecule has 0 fully saturated rings. The van der Waals surface area contributed by atoms with Crippen molar-refractivity contribution in [3.63, 3.8) is 0 Å². The molecule has 0 aliphatic heterocycles. The van der Waals surface area contributed by atoms with Crippen molar-refractivity contribution in [1.82, 2.24) is 0 Å². The van der Waals surface area contributed by atoms with Crippen molar-refractivity contribution >= 4 is 93.2 Å². The molecule has 294 valence electrons. The summed E-state index contributed by atoms with van der Waals surface area (Å²) < 4.78 is 2.56. The molecule has 57 heavy (non-hydrogen) atoms. The largest absolute Gasteiger partial charge is 2.00 e. The van der Waals surface area contributed by atoms with Crippen LogP contribution in [-0.2, 0) is 26.2 Å². The molecule has 0 saturated carbocycles. The van der Waals surface area contributed by atoms with E-state index in [2.05, 4.69) is 189 Å². The van der Waals surface area contributed by atoms with Crippen LogP contribution in [0.25, 0.3) is 43.8 Å². The van der Waals surface area contributed by atoms with Gasteiger partial charge in [-0.1, -0.05) is 109 Å². The van der Waals surface area contributed by atoms with Gasteiger partial charge < -0.3 is 24.8 Å². The summed E-state index contributed by atoms with van der Waals surface area (Å²) in [6, 6.07) is 50.2. The minimum atomic E-state index is -1.57. The molecule has 0 nitrogen and oxygen atoms in total. The van der Waals surface area contributed by atoms with Gasteiger partial charge in [-0.25, -0.2) is 12.2 Å². The Labute approximate surface area is 403 Å². The van der Waals surface area contributed by atoms with Gasteiger partial charge in [0.05, 0.1) is 16.1 Å². The number of allylic oxidation sites excluding steroid dienone is 4. The van der Waals surface area contributed by atoms with Gasteiger partial charge in [-0.2, -0.15) is 55.3 Å². The number of halogens is 4. The summed E-state index contributed by atoms with van der Waals surface area (Å²) >= 11 is 4.79. The summed E-state index contributed by atoms with van der Waals surface area (Å²) in [5, 5.41) is 8.65. The van der Waals surface area contributed by atoms with Crippen LogP contribution < -0.4 is 35.2 Å². The molecule has 0 heterocycles. The SMILES string of the molecule is C[Si](C)(C)c1cc2c(cc1-c1ccc(I)cc1)[cH-]c1cc(-c3ccc(I)cc3)c([Si](C)(C)C)cc12.[C-]1=CC=CC1.[CH2-]c1ccccc1.[CH2-]c1ccccc1.[Cl-].[Cl-].[Zr+2]. The second-order valence-electron chi connectivity index (χ2n) is 15.6. The maximum absolute atomic E-state index is 3.72. The second-order valence-corrected chi connectivity index (χ2v) is 28.2. The third kappa shape index (κ3) is 14.8. The molecule has 1 aliphatic rings. The molecular weight excluding hydrogens is 1070 g/mol. The van der Waals surface area contributed by atoms with Gasteiger partial charge in [-0.05, 0) is 80.6 Å². The standard InChI is InChI=1S/C31H31I2Si2.2C7H7.C5H5.2ClH.Zr/c1-34(2,3)30-18-26-22(16-28(30)20-7-11-24(32)12-8-20)15-23-17-29(21-9-13-25(33)14-10-21)31(19-27(23)26)35(4,5)6;2*1-7-5-3-2-4-6-7;1-2-4-5-3-1;;;/h7-19H,1-6H3;2*2-6H,1H2;1-3H,4H2;2*1H;/q4*-1;;;+2/p-2. The number of fused-ring (bicyclic) bond motifs is 3. The number of hydrogen-bond acceptors (Lipinski definition) is 0. The topological polar surface area (TPSA) is 0 Å². The third-order valence-electron chi connectivity index (χ3n) is 9.18. The summed E-state index contributed by atoms with van der Waals surface area (Å²) in [5.74, 6) is 0. The fourth-order valence-electron chi connectivity index (χ4n) is 6.38. The number of rotatable bonds is 4. The van der Waals surface area contributed by atoms with Crippen molar-refractivity contribution in [2.24, 2.45) is 0 Å². The molecule has 1 aliphatic carbocycles. The first kappa shape index (κ1) is 50.9. The Kier molecular flexibility index (Phi) is 21.0. The maximum Gasteiger partial charge on any atom is 2.00 e. The first-order valence-electron chi connectivity index (χ1n) is 18.4. The van der Waals surface area contributed by atoms with Crippen molar-refractivity contribution < 1.29 is 51.0 Å². The van der Waals surface area contributed by atoms with E-state index in [1.165, 1.54) is 50.9 Å². The zero-order chi connectivity index (χ0) is 38.9. The number of benzene rings is 6. The van der Waals surface area contributed by atoms with Crippen molar-refractivity contribution in [2.45, 2.75) is 45.7 Å². The molecule has 0 aromatic heterocycles. The smallest absolute Gasteiger partial charge is 1.00 e. The van der Waals surface area contributed by atoms with Crippen molar-refractivity contribution in [1.29, 1.82) is 0 Å². The first-order valence-corrected chi connectivity index (χ1v) is 27.6. The number of hydrogen-bond donors (Lipinski definition) is 0. The molecule has 0 atom stereocenters. The zero-order valence-corrected chi connectivity index (χ0v) is 43.9. The van der Waals surface area contributed by atoms with Gasteiger partial charge in [-0.15, -0.1) is 70.4 Å². The zero-order valence-electron chi connectivity index (χ0n) is 33.6. The minimum absolute atomic E-state index is 0. The Balaban J connectivity index is 0.000000415. The van der Waals surface area contributed by atoms with E-state index >= 15 is 0 Å². The van der Waals surface area contributed by atoms with Gasteiger partial charge in [0.25, 0.3) is 0 Å². The van der Waals surface area contributed by atoms with Crippen LogP contribution in [0, 0.1) is 27.1 Å². The fraction of sp³-hybridized carbons (Fsp3) is 0.140. The molecule has 0 radical (unpaired) electrons. The summed E-state index contributed by atoms with van der Waals surface area (Å²) in [5.41, 5.74) is 7.62. The van der Waals surface area contributed by atoms with Gasteiger partial charge in [0.1, 0.15) is 0 Å². The van der Waals surface area contributed by atoms with E-state index in [4.69, 9.17) is 0 Å². The van der Waals surface area contributed by atoms with Crippen molar-refractivity contribution in [2.75, 3.05) is 0 Å². The van der Waals surface area contributed by atoms with Crippen LogP contribution in [-0.4, -0.2) is 16.1 Å². The normalized spacial score (nSPS) is 11.4. The van der Waals surface area contributed by atoms with Gasteiger partial charge in [0, 0.05) is 7.14 Å². The minimum Gasteiger partial charge on any atom is -1.00 e. The van der Waals surface area contributed by atoms with Crippen LogP contribution >= 0.6 is 45.2 Å². The molecule has 0 spiro atoms. The van der Waals surface area contributed by atoms with E-state index in [1.54, 1.807) is 10.4 Å². The average molecular weight is 1120 g/mol. The molecular formula is C50H50Cl2I2Si2Zr-4. The Morgan fingerprint density at radius 1 is 0.544 bits per heavy atom. The van der Waals surface area contributed by atoms with E-state index < -0.39 is 16.1 Å². The molecule has 7 aromatic rings. The Hall–Kier alpha value is -2.23. The van der Waals surface area contributed by atoms with E-state index in [1.807, 2.05) is 72.8 Å². The van der Waals surface area contributed by atoms with Gasteiger partial charge >= 0.3 is 26.2 Å². The van der Waals surface area contributed by atoms with Gasteiger partial charge in [-0.3, -0.25) is 6.08 Å². The molecule has 0 saturated heterocycles. The summed E-state index contributed by atoms with van der Waals surface area (Å²) in [4.78, 5) is 0. The van der Waals surface area contributed by atoms with Crippen molar-refractivity contribution in [3.8, 4) is 22.3 Å². The Morgan fingerprint density at radius 3 is 1.16 bits per heavy atom. The summed E-state index contributed by atoms with van der Waals surface area (Å²) in [6.07, 6.45) is 10.0. The van der Waals surface area contributed by atoms with Crippen LogP contribution in [0.2, 0.25) is 39.3 Å². The van der Waals surface area contributed by atoms with E-state index in [-0.39, 0.29) is 51.0 Å². The first-order chi connectivity index (χ1) is 25.7. The van der Waals surface area contributed by atoms with E-state index in [0.29, 0.717) is 0 Å².